The van der Waals surface area contributed by atoms with Crippen LogP contribution in [0.1, 0.15) is 69.9 Å². The lowest BCUT2D eigenvalue weighted by Gasteiger charge is -2.27. The van der Waals surface area contributed by atoms with Crippen LogP contribution in [0.4, 0.5) is 0 Å². The quantitative estimate of drug-likeness (QED) is 0.764. The van der Waals surface area contributed by atoms with Gasteiger partial charge in [-0.15, -0.1) is 0 Å². The molecule has 0 spiro atoms. The van der Waals surface area contributed by atoms with Gasteiger partial charge in [0, 0.05) is 18.5 Å². The minimum Gasteiger partial charge on any atom is -0.314 e. The van der Waals surface area contributed by atoms with Crippen LogP contribution in [0.3, 0.4) is 0 Å². The van der Waals surface area contributed by atoms with E-state index in [1.807, 2.05) is 6.20 Å². The van der Waals surface area contributed by atoms with E-state index in [2.05, 4.69) is 38.0 Å². The Balaban J connectivity index is 1.78. The fourth-order valence-corrected chi connectivity index (χ4v) is 4.32. The number of nitrogens with zero attached hydrogens (tertiary/aromatic N) is 2. The monoisotopic (exact) mass is 353 g/mol. The molecule has 2 saturated carbocycles. The van der Waals surface area contributed by atoms with E-state index in [0.29, 0.717) is 5.92 Å². The van der Waals surface area contributed by atoms with Gasteiger partial charge in [0.25, 0.3) is 0 Å². The first-order valence-corrected chi connectivity index (χ1v) is 9.53. The molecule has 2 fully saturated rings. The van der Waals surface area contributed by atoms with Gasteiger partial charge in [-0.1, -0.05) is 26.2 Å². The van der Waals surface area contributed by atoms with Gasteiger partial charge in [0.1, 0.15) is 0 Å². The van der Waals surface area contributed by atoms with E-state index in [-0.39, 0.29) is 0 Å². The van der Waals surface area contributed by atoms with Gasteiger partial charge in [-0.2, -0.15) is 5.10 Å². The van der Waals surface area contributed by atoms with Crippen molar-refractivity contribution in [1.82, 2.24) is 15.1 Å². The van der Waals surface area contributed by atoms with Crippen LogP contribution in [0.25, 0.3) is 0 Å². The predicted octanol–water partition coefficient (Wildman–Crippen LogP) is 4.47. The van der Waals surface area contributed by atoms with Crippen molar-refractivity contribution in [3.63, 3.8) is 0 Å². The Kier molecular flexibility index (Phi) is 5.38. The predicted molar refractivity (Wildman–Crippen MR) is 90.6 cm³/mol. The zero-order chi connectivity index (χ0) is 14.7. The van der Waals surface area contributed by atoms with Crippen LogP contribution in [0.2, 0.25) is 0 Å². The molecule has 0 aliphatic heterocycles. The van der Waals surface area contributed by atoms with Crippen molar-refractivity contribution in [3.05, 3.63) is 16.4 Å². The van der Waals surface area contributed by atoms with E-state index >= 15 is 0 Å². The molecule has 4 heteroatoms. The second-order valence-electron chi connectivity index (χ2n) is 6.79. The van der Waals surface area contributed by atoms with E-state index in [1.165, 1.54) is 61.7 Å². The Morgan fingerprint density at radius 2 is 2.05 bits per heavy atom. The molecule has 21 heavy (non-hydrogen) atoms. The van der Waals surface area contributed by atoms with Crippen molar-refractivity contribution < 1.29 is 0 Å². The van der Waals surface area contributed by atoms with Gasteiger partial charge in [0.2, 0.25) is 0 Å². The molecule has 2 aliphatic carbocycles. The second-order valence-corrected chi connectivity index (χ2v) is 7.64. The fourth-order valence-electron chi connectivity index (χ4n) is 3.72. The minimum absolute atomic E-state index is 0.669. The molecular formula is C17H28BrN3. The summed E-state index contributed by atoms with van der Waals surface area (Å²) in [5, 5.41) is 8.37. The van der Waals surface area contributed by atoms with Crippen LogP contribution in [0.15, 0.2) is 10.7 Å². The SMILES string of the molecule is CCCn1ncc(Br)c1C1CCCCCC1CNC1CC1. The van der Waals surface area contributed by atoms with Gasteiger partial charge >= 0.3 is 0 Å². The van der Waals surface area contributed by atoms with Crippen LogP contribution in [0, 0.1) is 5.92 Å². The number of hydrogen-bond acceptors (Lipinski definition) is 2. The third kappa shape index (κ3) is 3.89. The molecule has 3 rings (SSSR count). The fraction of sp³-hybridized carbons (Fsp3) is 0.824. The first kappa shape index (κ1) is 15.5. The van der Waals surface area contributed by atoms with Crippen LogP contribution < -0.4 is 5.32 Å². The van der Waals surface area contributed by atoms with Gasteiger partial charge in [-0.3, -0.25) is 4.68 Å². The number of halogens is 1. The topological polar surface area (TPSA) is 29.9 Å². The third-order valence-corrected chi connectivity index (χ3v) is 5.64. The molecule has 1 aromatic heterocycles. The lowest BCUT2D eigenvalue weighted by Crippen LogP contribution is -2.29. The molecule has 0 bridgehead atoms. The van der Waals surface area contributed by atoms with Crippen molar-refractivity contribution in [1.29, 1.82) is 0 Å². The maximum atomic E-state index is 4.60. The standard InChI is InChI=1S/C17H28BrN3/c1-2-10-21-17(16(18)12-20-21)15-7-5-3-4-6-13(15)11-19-14-8-9-14/h12-15,19H,2-11H2,1H3. The molecule has 0 aromatic carbocycles. The van der Waals surface area contributed by atoms with Gasteiger partial charge in [-0.05, 0) is 60.5 Å². The highest BCUT2D eigenvalue weighted by Crippen LogP contribution is 2.39. The number of aromatic nitrogens is 2. The van der Waals surface area contributed by atoms with Crippen molar-refractivity contribution >= 4 is 15.9 Å². The Morgan fingerprint density at radius 1 is 1.24 bits per heavy atom. The normalized spacial score (nSPS) is 26.8. The smallest absolute Gasteiger partial charge is 0.0635 e. The van der Waals surface area contributed by atoms with Crippen molar-refractivity contribution in [2.45, 2.75) is 76.8 Å². The van der Waals surface area contributed by atoms with E-state index in [1.54, 1.807) is 0 Å². The van der Waals surface area contributed by atoms with Crippen LogP contribution >= 0.6 is 15.9 Å². The summed E-state index contributed by atoms with van der Waals surface area (Å²) in [7, 11) is 0. The number of rotatable bonds is 6. The van der Waals surface area contributed by atoms with E-state index in [0.717, 1.165) is 24.9 Å². The maximum Gasteiger partial charge on any atom is 0.0635 e. The summed E-state index contributed by atoms with van der Waals surface area (Å²) in [5.74, 6) is 1.44. The molecule has 1 N–H and O–H groups in total. The summed E-state index contributed by atoms with van der Waals surface area (Å²) < 4.78 is 3.48. The molecule has 2 atom stereocenters. The molecular weight excluding hydrogens is 326 g/mol. The molecule has 0 saturated heterocycles. The highest BCUT2D eigenvalue weighted by molar-refractivity contribution is 9.10. The number of aryl methyl sites for hydroxylation is 1. The molecule has 1 aromatic rings. The summed E-state index contributed by atoms with van der Waals surface area (Å²) in [6.45, 7) is 4.47. The zero-order valence-electron chi connectivity index (χ0n) is 13.2. The summed E-state index contributed by atoms with van der Waals surface area (Å²) in [5.41, 5.74) is 1.46. The zero-order valence-corrected chi connectivity index (χ0v) is 14.7. The first-order chi connectivity index (χ1) is 10.3. The molecule has 1 heterocycles. The van der Waals surface area contributed by atoms with Crippen molar-refractivity contribution in [3.8, 4) is 0 Å². The average molecular weight is 354 g/mol. The van der Waals surface area contributed by atoms with E-state index < -0.39 is 0 Å². The second kappa shape index (κ2) is 7.28. The Morgan fingerprint density at radius 3 is 2.81 bits per heavy atom. The third-order valence-electron chi connectivity index (χ3n) is 5.03. The Labute approximate surface area is 137 Å². The van der Waals surface area contributed by atoms with Crippen LogP contribution in [-0.4, -0.2) is 22.4 Å². The highest BCUT2D eigenvalue weighted by atomic mass is 79.9. The summed E-state index contributed by atoms with van der Waals surface area (Å²) in [6.07, 6.45) is 12.8. The largest absolute Gasteiger partial charge is 0.314 e. The van der Waals surface area contributed by atoms with Crippen molar-refractivity contribution in [2.24, 2.45) is 5.92 Å². The van der Waals surface area contributed by atoms with E-state index in [4.69, 9.17) is 0 Å². The van der Waals surface area contributed by atoms with E-state index in [9.17, 15) is 0 Å². The molecule has 118 valence electrons. The molecule has 0 radical (unpaired) electrons. The summed E-state index contributed by atoms with van der Waals surface area (Å²) >= 11 is 3.76. The average Bonchev–Trinajstić information content (AvgIpc) is 3.26. The Hall–Kier alpha value is -0.350. The van der Waals surface area contributed by atoms with Gasteiger partial charge in [-0.25, -0.2) is 0 Å². The number of nitrogens with one attached hydrogen (secondary N) is 1. The molecule has 2 aliphatic rings. The molecule has 0 amide bonds. The lowest BCUT2D eigenvalue weighted by atomic mass is 9.85. The first-order valence-electron chi connectivity index (χ1n) is 8.74. The summed E-state index contributed by atoms with van der Waals surface area (Å²) in [4.78, 5) is 0. The van der Waals surface area contributed by atoms with Gasteiger partial charge in [0.05, 0.1) is 16.4 Å². The number of hydrogen-bond donors (Lipinski definition) is 1. The maximum absolute atomic E-state index is 4.60. The highest BCUT2D eigenvalue weighted by Gasteiger charge is 2.31. The lowest BCUT2D eigenvalue weighted by molar-refractivity contribution is 0.354. The van der Waals surface area contributed by atoms with Crippen LogP contribution in [-0.2, 0) is 6.54 Å². The minimum atomic E-state index is 0.669. The van der Waals surface area contributed by atoms with Crippen LogP contribution in [0.5, 0.6) is 0 Å². The van der Waals surface area contributed by atoms with Gasteiger partial charge in [0.15, 0.2) is 0 Å². The molecule has 2 unspecified atom stereocenters. The van der Waals surface area contributed by atoms with Gasteiger partial charge < -0.3 is 5.32 Å². The Bertz CT molecular complexity index is 453. The molecule has 3 nitrogen and oxygen atoms in total. The summed E-state index contributed by atoms with van der Waals surface area (Å²) in [6, 6.07) is 0.817. The van der Waals surface area contributed by atoms with Crippen molar-refractivity contribution in [2.75, 3.05) is 6.54 Å².